The highest BCUT2D eigenvalue weighted by Crippen LogP contribution is 2.53. The average Bonchev–Trinajstić information content (AvgIpc) is 3.44. The molecule has 0 saturated heterocycles. The number of hydrogen-bond acceptors (Lipinski definition) is 1. The fraction of sp³-hybridized carbons (Fsp3) is 0.0588. The highest BCUT2D eigenvalue weighted by molar-refractivity contribution is 6.09. The van der Waals surface area contributed by atoms with Crippen molar-refractivity contribution in [2.45, 2.75) is 19.3 Å². The maximum atomic E-state index is 2.45. The Hall–Kier alpha value is -6.44. The summed E-state index contributed by atoms with van der Waals surface area (Å²) in [6, 6.07) is 69.2. The summed E-state index contributed by atoms with van der Waals surface area (Å²) in [7, 11) is 0. The molecule has 0 saturated carbocycles. The van der Waals surface area contributed by atoms with Crippen LogP contribution in [-0.2, 0) is 5.41 Å². The van der Waals surface area contributed by atoms with E-state index in [1.54, 1.807) is 0 Å². The Balaban J connectivity index is 1.19. The Kier molecular flexibility index (Phi) is 6.91. The van der Waals surface area contributed by atoms with E-state index in [9.17, 15) is 0 Å². The monoisotopic (exact) mass is 663 g/mol. The van der Waals surface area contributed by atoms with Crippen molar-refractivity contribution in [2.75, 3.05) is 4.90 Å². The van der Waals surface area contributed by atoms with Crippen molar-refractivity contribution in [1.82, 2.24) is 0 Å². The molecule has 1 aliphatic rings. The minimum Gasteiger partial charge on any atom is -0.310 e. The molecule has 1 heteroatoms. The van der Waals surface area contributed by atoms with Crippen LogP contribution < -0.4 is 4.90 Å². The Labute approximate surface area is 305 Å². The summed E-state index contributed by atoms with van der Waals surface area (Å²) in [5.41, 5.74) is 13.7. The fourth-order valence-electron chi connectivity index (χ4n) is 8.71. The van der Waals surface area contributed by atoms with Gasteiger partial charge in [-0.2, -0.15) is 0 Å². The summed E-state index contributed by atoms with van der Waals surface area (Å²) in [4.78, 5) is 2.45. The molecule has 0 N–H and O–H groups in total. The predicted molar refractivity (Wildman–Crippen MR) is 222 cm³/mol. The first-order valence-corrected chi connectivity index (χ1v) is 18.2. The highest BCUT2D eigenvalue weighted by Gasteiger charge is 2.37. The molecule has 9 aromatic carbocycles. The lowest BCUT2D eigenvalue weighted by atomic mass is 9.82. The first kappa shape index (κ1) is 30.4. The van der Waals surface area contributed by atoms with Crippen LogP contribution in [0.25, 0.3) is 65.7 Å². The van der Waals surface area contributed by atoms with Gasteiger partial charge in [0.15, 0.2) is 0 Å². The normalized spacial score (nSPS) is 13.0. The number of anilines is 3. The van der Waals surface area contributed by atoms with E-state index in [0.29, 0.717) is 0 Å². The summed E-state index contributed by atoms with van der Waals surface area (Å²) in [6.07, 6.45) is 0. The van der Waals surface area contributed by atoms with Crippen LogP contribution in [0.2, 0.25) is 0 Å². The SMILES string of the molecule is CC1(C)c2ccccc2-c2c(-c3ccccc3N(c3ccc(-c4cccc5ccccc45)cc3)c3ccc4c(ccc5ccccc54)c3)cccc21. The van der Waals surface area contributed by atoms with E-state index in [4.69, 9.17) is 0 Å². The molecule has 1 nitrogen and oxygen atoms in total. The molecular weight excluding hydrogens is 627 g/mol. The van der Waals surface area contributed by atoms with Crippen LogP contribution in [0.5, 0.6) is 0 Å². The van der Waals surface area contributed by atoms with Crippen molar-refractivity contribution >= 4 is 49.4 Å². The third-order valence-electron chi connectivity index (χ3n) is 11.3. The summed E-state index contributed by atoms with van der Waals surface area (Å²) >= 11 is 0. The van der Waals surface area contributed by atoms with Gasteiger partial charge in [0.2, 0.25) is 0 Å². The number of fused-ring (bicyclic) bond motifs is 7. The summed E-state index contributed by atoms with van der Waals surface area (Å²) < 4.78 is 0. The van der Waals surface area contributed by atoms with Crippen LogP contribution in [0.1, 0.15) is 25.0 Å². The molecule has 0 atom stereocenters. The number of para-hydroxylation sites is 1. The molecule has 0 amide bonds. The second kappa shape index (κ2) is 11.8. The smallest absolute Gasteiger partial charge is 0.0540 e. The van der Waals surface area contributed by atoms with E-state index in [1.165, 1.54) is 76.8 Å². The van der Waals surface area contributed by atoms with Crippen molar-refractivity contribution < 1.29 is 0 Å². The second-order valence-electron chi connectivity index (χ2n) is 14.5. The van der Waals surface area contributed by atoms with Crippen molar-refractivity contribution in [3.63, 3.8) is 0 Å². The van der Waals surface area contributed by atoms with E-state index >= 15 is 0 Å². The summed E-state index contributed by atoms with van der Waals surface area (Å²) in [6.45, 7) is 4.71. The van der Waals surface area contributed by atoms with Gasteiger partial charge in [0.05, 0.1) is 5.69 Å². The zero-order valence-electron chi connectivity index (χ0n) is 29.3. The molecule has 9 aromatic rings. The lowest BCUT2D eigenvalue weighted by Crippen LogP contribution is -2.14. The fourth-order valence-corrected chi connectivity index (χ4v) is 8.71. The standard InChI is InChI=1S/C51H37N/c1-51(2)47-22-9-7-19-46(47)50-45(21-12-23-48(50)51)44-18-8-10-24-49(44)52(39-31-32-43-37(33-39)26-25-35-14-4-6-17-41(35)43)38-29-27-36(28-30-38)42-20-11-15-34-13-3-5-16-40(34)42/h3-33H,1-2H3. The average molecular weight is 664 g/mol. The zero-order valence-corrected chi connectivity index (χ0v) is 29.3. The van der Waals surface area contributed by atoms with Gasteiger partial charge in [0, 0.05) is 22.4 Å². The maximum absolute atomic E-state index is 2.45. The second-order valence-corrected chi connectivity index (χ2v) is 14.5. The van der Waals surface area contributed by atoms with E-state index < -0.39 is 0 Å². The summed E-state index contributed by atoms with van der Waals surface area (Å²) in [5, 5.41) is 7.55. The van der Waals surface area contributed by atoms with E-state index in [1.807, 2.05) is 0 Å². The van der Waals surface area contributed by atoms with Gasteiger partial charge in [-0.05, 0) is 102 Å². The van der Waals surface area contributed by atoms with Gasteiger partial charge in [0.1, 0.15) is 0 Å². The van der Waals surface area contributed by atoms with E-state index in [0.717, 1.165) is 17.1 Å². The van der Waals surface area contributed by atoms with Crippen molar-refractivity contribution in [2.24, 2.45) is 0 Å². The van der Waals surface area contributed by atoms with Gasteiger partial charge in [-0.15, -0.1) is 0 Å². The van der Waals surface area contributed by atoms with Gasteiger partial charge < -0.3 is 4.90 Å². The molecule has 1 aliphatic carbocycles. The van der Waals surface area contributed by atoms with Crippen LogP contribution in [-0.4, -0.2) is 0 Å². The lowest BCUT2D eigenvalue weighted by molar-refractivity contribution is 0.660. The van der Waals surface area contributed by atoms with Gasteiger partial charge >= 0.3 is 0 Å². The van der Waals surface area contributed by atoms with E-state index in [-0.39, 0.29) is 5.41 Å². The quantitative estimate of drug-likeness (QED) is 0.166. The number of benzene rings is 9. The number of rotatable bonds is 5. The third kappa shape index (κ3) is 4.70. The molecule has 0 unspecified atom stereocenters. The van der Waals surface area contributed by atoms with Gasteiger partial charge in [-0.1, -0.05) is 172 Å². The van der Waals surface area contributed by atoms with Gasteiger partial charge in [-0.3, -0.25) is 0 Å². The van der Waals surface area contributed by atoms with Crippen LogP contribution in [0, 0.1) is 0 Å². The molecule has 0 fully saturated rings. The molecular formula is C51H37N. The minimum absolute atomic E-state index is 0.0743. The van der Waals surface area contributed by atoms with E-state index in [2.05, 4.69) is 207 Å². The van der Waals surface area contributed by atoms with Gasteiger partial charge in [-0.25, -0.2) is 0 Å². The minimum atomic E-state index is -0.0743. The third-order valence-corrected chi connectivity index (χ3v) is 11.3. The Morgan fingerprint density at radius 2 is 0.923 bits per heavy atom. The van der Waals surface area contributed by atoms with Gasteiger partial charge in [0.25, 0.3) is 0 Å². The predicted octanol–water partition coefficient (Wildman–Crippen LogP) is 14.3. The van der Waals surface area contributed by atoms with Crippen LogP contribution in [0.4, 0.5) is 17.1 Å². The molecule has 10 rings (SSSR count). The highest BCUT2D eigenvalue weighted by atomic mass is 15.1. The Bertz CT molecular complexity index is 2820. The summed E-state index contributed by atoms with van der Waals surface area (Å²) in [5.74, 6) is 0. The van der Waals surface area contributed by atoms with Crippen molar-refractivity contribution in [3.8, 4) is 33.4 Å². The number of hydrogen-bond donors (Lipinski definition) is 0. The van der Waals surface area contributed by atoms with Crippen molar-refractivity contribution in [3.05, 3.63) is 199 Å². The maximum Gasteiger partial charge on any atom is 0.0540 e. The lowest BCUT2D eigenvalue weighted by Gasteiger charge is -2.29. The molecule has 0 aliphatic heterocycles. The molecule has 0 aromatic heterocycles. The Morgan fingerprint density at radius 1 is 0.365 bits per heavy atom. The Morgan fingerprint density at radius 3 is 1.77 bits per heavy atom. The first-order chi connectivity index (χ1) is 25.6. The molecule has 0 heterocycles. The topological polar surface area (TPSA) is 3.24 Å². The number of nitrogens with zero attached hydrogens (tertiary/aromatic N) is 1. The largest absolute Gasteiger partial charge is 0.310 e. The molecule has 0 radical (unpaired) electrons. The molecule has 0 spiro atoms. The van der Waals surface area contributed by atoms with Crippen molar-refractivity contribution in [1.29, 1.82) is 0 Å². The van der Waals surface area contributed by atoms with Crippen LogP contribution >= 0.6 is 0 Å². The first-order valence-electron chi connectivity index (χ1n) is 18.2. The zero-order chi connectivity index (χ0) is 34.8. The molecule has 0 bridgehead atoms. The molecule has 246 valence electrons. The van der Waals surface area contributed by atoms with Crippen LogP contribution in [0.15, 0.2) is 188 Å². The van der Waals surface area contributed by atoms with Crippen LogP contribution in [0.3, 0.4) is 0 Å². The molecule has 52 heavy (non-hydrogen) atoms.